The van der Waals surface area contributed by atoms with E-state index in [9.17, 15) is 13.2 Å². The second-order valence-corrected chi connectivity index (χ2v) is 8.35. The van der Waals surface area contributed by atoms with Gasteiger partial charge in [0.15, 0.2) is 16.4 Å². The Morgan fingerprint density at radius 3 is 2.22 bits per heavy atom. The summed E-state index contributed by atoms with van der Waals surface area (Å²) in [7, 11) is -3.28. The molecular formula is C20H22N2O4S. The number of hydrogen-bond acceptors (Lipinski definition) is 5. The molecule has 0 aliphatic carbocycles. The van der Waals surface area contributed by atoms with Crippen molar-refractivity contribution in [2.45, 2.75) is 25.2 Å². The summed E-state index contributed by atoms with van der Waals surface area (Å²) in [5.74, 6) is 0.124. The molecular weight excluding hydrogens is 364 g/mol. The molecule has 142 valence electrons. The van der Waals surface area contributed by atoms with Crippen molar-refractivity contribution in [1.29, 1.82) is 5.26 Å². The molecule has 0 spiro atoms. The average molecular weight is 386 g/mol. The molecule has 0 aromatic heterocycles. The second kappa shape index (κ2) is 8.69. The fourth-order valence-electron chi connectivity index (χ4n) is 2.67. The van der Waals surface area contributed by atoms with Crippen LogP contribution >= 0.6 is 0 Å². The predicted molar refractivity (Wildman–Crippen MR) is 104 cm³/mol. The molecule has 0 aliphatic rings. The summed E-state index contributed by atoms with van der Waals surface area (Å²) in [4.78, 5) is 14.4. The molecule has 0 heterocycles. The summed E-state index contributed by atoms with van der Waals surface area (Å²) < 4.78 is 28.5. The van der Waals surface area contributed by atoms with Crippen molar-refractivity contribution >= 4 is 21.4 Å². The first-order valence-electron chi connectivity index (χ1n) is 8.39. The fraction of sp³-hybridized carbons (Fsp3) is 0.300. The molecule has 2 rings (SSSR count). The van der Waals surface area contributed by atoms with Gasteiger partial charge in [-0.3, -0.25) is 4.79 Å². The molecule has 2 aromatic rings. The molecule has 0 bridgehead atoms. The minimum absolute atomic E-state index is 0.187. The van der Waals surface area contributed by atoms with Crippen LogP contribution in [0.5, 0.6) is 5.75 Å². The topological polar surface area (TPSA) is 87.5 Å². The fourth-order valence-corrected chi connectivity index (χ4v) is 3.30. The maximum atomic E-state index is 12.7. The Labute approximate surface area is 159 Å². The van der Waals surface area contributed by atoms with Crippen molar-refractivity contribution in [3.05, 3.63) is 53.6 Å². The van der Waals surface area contributed by atoms with Gasteiger partial charge >= 0.3 is 0 Å². The number of ether oxygens (including phenoxy) is 1. The maximum Gasteiger partial charge on any atom is 0.264 e. The first kappa shape index (κ1) is 20.5. The first-order valence-corrected chi connectivity index (χ1v) is 10.3. The van der Waals surface area contributed by atoms with Gasteiger partial charge in [0.05, 0.1) is 17.4 Å². The van der Waals surface area contributed by atoms with Crippen LogP contribution < -0.4 is 9.64 Å². The van der Waals surface area contributed by atoms with Crippen molar-refractivity contribution in [2.24, 2.45) is 0 Å². The summed E-state index contributed by atoms with van der Waals surface area (Å²) in [6, 6.07) is 13.8. The smallest absolute Gasteiger partial charge is 0.264 e. The van der Waals surface area contributed by atoms with Crippen molar-refractivity contribution in [3.8, 4) is 11.8 Å². The molecule has 0 N–H and O–H groups in total. The Balaban J connectivity index is 2.13. The van der Waals surface area contributed by atoms with Crippen molar-refractivity contribution in [2.75, 3.05) is 24.3 Å². The Bertz CT molecular complexity index is 940. The van der Waals surface area contributed by atoms with Gasteiger partial charge in [0.2, 0.25) is 0 Å². The van der Waals surface area contributed by atoms with E-state index < -0.39 is 9.84 Å². The van der Waals surface area contributed by atoms with Gasteiger partial charge < -0.3 is 9.64 Å². The van der Waals surface area contributed by atoms with Crippen molar-refractivity contribution in [3.63, 3.8) is 0 Å². The largest absolute Gasteiger partial charge is 0.484 e. The molecule has 27 heavy (non-hydrogen) atoms. The lowest BCUT2D eigenvalue weighted by Gasteiger charge is -2.23. The Hall–Kier alpha value is -2.85. The zero-order valence-corrected chi connectivity index (χ0v) is 16.4. The summed E-state index contributed by atoms with van der Waals surface area (Å²) >= 11 is 0. The number of aryl methyl sites for hydroxylation is 2. The van der Waals surface area contributed by atoms with Crippen LogP contribution in [0.15, 0.2) is 47.4 Å². The number of nitrogens with zero attached hydrogens (tertiary/aromatic N) is 2. The van der Waals surface area contributed by atoms with Crippen LogP contribution in [0.1, 0.15) is 17.5 Å². The zero-order chi connectivity index (χ0) is 20.0. The third kappa shape index (κ3) is 5.83. The normalized spacial score (nSPS) is 10.9. The summed E-state index contributed by atoms with van der Waals surface area (Å²) in [5.41, 5.74) is 2.78. The summed E-state index contributed by atoms with van der Waals surface area (Å²) in [5, 5.41) is 8.88. The number of benzene rings is 2. The third-order valence-corrected chi connectivity index (χ3v) is 5.01. The number of hydrogen-bond donors (Lipinski definition) is 0. The molecule has 1 amide bonds. The van der Waals surface area contributed by atoms with Gasteiger partial charge in [-0.2, -0.15) is 5.26 Å². The monoisotopic (exact) mass is 386 g/mol. The maximum absolute atomic E-state index is 12.7. The average Bonchev–Trinajstić information content (AvgIpc) is 2.59. The number of anilines is 1. The van der Waals surface area contributed by atoms with Crippen LogP contribution in [0.4, 0.5) is 5.69 Å². The van der Waals surface area contributed by atoms with Gasteiger partial charge in [-0.1, -0.05) is 6.07 Å². The van der Waals surface area contributed by atoms with E-state index in [0.29, 0.717) is 5.75 Å². The zero-order valence-electron chi connectivity index (χ0n) is 15.6. The van der Waals surface area contributed by atoms with Gasteiger partial charge in [-0.05, 0) is 61.4 Å². The van der Waals surface area contributed by atoms with Gasteiger partial charge in [-0.25, -0.2) is 8.42 Å². The number of carbonyl (C=O) groups excluding carboxylic acids is 1. The van der Waals surface area contributed by atoms with Gasteiger partial charge in [0.25, 0.3) is 5.91 Å². The molecule has 0 radical (unpaired) electrons. The molecule has 6 nitrogen and oxygen atoms in total. The van der Waals surface area contributed by atoms with Crippen molar-refractivity contribution in [1.82, 2.24) is 0 Å². The highest BCUT2D eigenvalue weighted by atomic mass is 32.2. The first-order chi connectivity index (χ1) is 12.7. The highest BCUT2D eigenvalue weighted by Crippen LogP contribution is 2.20. The molecule has 7 heteroatoms. The number of sulfone groups is 1. The SMILES string of the molecule is Cc1cc(C)cc(N(CCC#N)C(=O)COc2ccc(S(C)(=O)=O)cc2)c1. The van der Waals surface area contributed by atoms with Gasteiger partial charge in [-0.15, -0.1) is 0 Å². The highest BCUT2D eigenvalue weighted by molar-refractivity contribution is 7.90. The minimum atomic E-state index is -3.28. The van der Waals surface area contributed by atoms with E-state index in [-0.39, 0.29) is 30.4 Å². The van der Waals surface area contributed by atoms with Crippen LogP contribution in [0.3, 0.4) is 0 Å². The Morgan fingerprint density at radius 2 is 1.70 bits per heavy atom. The van der Waals surface area contributed by atoms with E-state index in [1.165, 1.54) is 29.2 Å². The lowest BCUT2D eigenvalue weighted by atomic mass is 10.1. The van der Waals surface area contributed by atoms with E-state index >= 15 is 0 Å². The Kier molecular flexibility index (Phi) is 6.59. The van der Waals surface area contributed by atoms with E-state index in [2.05, 4.69) is 6.07 Å². The molecule has 0 atom stereocenters. The van der Waals surface area contributed by atoms with Gasteiger partial charge in [0.1, 0.15) is 5.75 Å². The number of nitriles is 1. The number of rotatable bonds is 7. The minimum Gasteiger partial charge on any atom is -0.484 e. The lowest BCUT2D eigenvalue weighted by Crippen LogP contribution is -2.35. The number of amides is 1. The lowest BCUT2D eigenvalue weighted by molar-refractivity contribution is -0.120. The molecule has 2 aromatic carbocycles. The summed E-state index contributed by atoms with van der Waals surface area (Å²) in [6.07, 6.45) is 1.34. The van der Waals surface area contributed by atoms with Gasteiger partial charge in [0, 0.05) is 18.5 Å². The molecule has 0 saturated heterocycles. The van der Waals surface area contributed by atoms with Crippen LogP contribution in [-0.4, -0.2) is 33.7 Å². The molecule has 0 unspecified atom stereocenters. The van der Waals surface area contributed by atoms with Crippen LogP contribution in [-0.2, 0) is 14.6 Å². The molecule has 0 aliphatic heterocycles. The Morgan fingerprint density at radius 1 is 1.11 bits per heavy atom. The van der Waals surface area contributed by atoms with E-state index in [1.54, 1.807) is 0 Å². The van der Waals surface area contributed by atoms with Crippen LogP contribution in [0.2, 0.25) is 0 Å². The van der Waals surface area contributed by atoms with Crippen LogP contribution in [0.25, 0.3) is 0 Å². The highest BCUT2D eigenvalue weighted by Gasteiger charge is 2.17. The standard InChI is InChI=1S/C20H22N2O4S/c1-15-11-16(2)13-17(12-15)22(10-4-9-21)20(23)14-26-18-5-7-19(8-6-18)27(3,24)25/h5-8,11-13H,4,10,14H2,1-3H3. The van der Waals surface area contributed by atoms with Crippen LogP contribution in [0, 0.1) is 25.2 Å². The molecule has 0 saturated carbocycles. The van der Waals surface area contributed by atoms with E-state index in [0.717, 1.165) is 23.1 Å². The van der Waals surface area contributed by atoms with Crippen molar-refractivity contribution < 1.29 is 17.9 Å². The van der Waals surface area contributed by atoms with E-state index in [1.807, 2.05) is 32.0 Å². The van der Waals surface area contributed by atoms with E-state index in [4.69, 9.17) is 10.00 Å². The predicted octanol–water partition coefficient (Wildman–Crippen LogP) is 3.03. The second-order valence-electron chi connectivity index (χ2n) is 6.33. The quantitative estimate of drug-likeness (QED) is 0.730. The molecule has 0 fully saturated rings. The third-order valence-electron chi connectivity index (χ3n) is 3.88. The summed E-state index contributed by atoms with van der Waals surface area (Å²) in [6.45, 7) is 3.96. The number of carbonyl (C=O) groups is 1.